The minimum Gasteiger partial charge on any atom is -0.373 e. The Labute approximate surface area is 116 Å². The molecule has 0 N–H and O–H groups in total. The van der Waals surface area contributed by atoms with Gasteiger partial charge in [0.05, 0.1) is 0 Å². The average Bonchev–Trinajstić information content (AvgIpc) is 2.37. The first-order valence-electron chi connectivity index (χ1n) is 6.72. The van der Waals surface area contributed by atoms with Crippen LogP contribution in [-0.4, -0.2) is 34.0 Å². The highest BCUT2D eigenvalue weighted by atomic mass is 79.9. The van der Waals surface area contributed by atoms with Gasteiger partial charge in [-0.1, -0.05) is 36.7 Å². The topological polar surface area (TPSA) is 27.7 Å². The fraction of sp³-hybridized carbons (Fsp3) is 1.00. The third-order valence-electron chi connectivity index (χ3n) is 2.19. The summed E-state index contributed by atoms with van der Waals surface area (Å²) in [4.78, 5) is 0. The lowest BCUT2D eigenvalue weighted by Gasteiger charge is -2.29. The Morgan fingerprint density at radius 2 is 1.24 bits per heavy atom. The van der Waals surface area contributed by atoms with Crippen molar-refractivity contribution in [3.8, 4) is 0 Å². The Morgan fingerprint density at radius 1 is 0.824 bits per heavy atom. The molecule has 3 nitrogen and oxygen atoms in total. The third kappa shape index (κ3) is 8.32. The average molecular weight is 327 g/mol. The zero-order valence-electron chi connectivity index (χ0n) is 11.5. The summed E-state index contributed by atoms with van der Waals surface area (Å²) in [7, 11) is -2.41. The van der Waals surface area contributed by atoms with Gasteiger partial charge < -0.3 is 13.3 Å². The number of halogens is 1. The van der Waals surface area contributed by atoms with E-state index in [-0.39, 0.29) is 0 Å². The molecule has 0 aliphatic rings. The van der Waals surface area contributed by atoms with Crippen molar-refractivity contribution < 1.29 is 13.3 Å². The monoisotopic (exact) mass is 326 g/mol. The van der Waals surface area contributed by atoms with E-state index in [1.807, 2.05) is 0 Å². The highest BCUT2D eigenvalue weighted by Gasteiger charge is 2.40. The Hall–Kier alpha value is 0.577. The first-order chi connectivity index (χ1) is 8.24. The van der Waals surface area contributed by atoms with Gasteiger partial charge in [0.25, 0.3) is 0 Å². The molecular formula is C12H27BrO3Si. The van der Waals surface area contributed by atoms with E-state index in [1.54, 1.807) is 0 Å². The smallest absolute Gasteiger partial charge is 0.373 e. The molecule has 0 aliphatic carbocycles. The molecule has 0 rings (SSSR count). The van der Waals surface area contributed by atoms with Crippen LogP contribution in [0.25, 0.3) is 0 Å². The molecule has 0 aromatic carbocycles. The third-order valence-corrected chi connectivity index (χ3v) is 5.65. The molecule has 104 valence electrons. The van der Waals surface area contributed by atoms with Gasteiger partial charge in [0.2, 0.25) is 0 Å². The van der Waals surface area contributed by atoms with Crippen LogP contribution in [0.5, 0.6) is 0 Å². The lowest BCUT2D eigenvalue weighted by molar-refractivity contribution is 0.0592. The van der Waals surface area contributed by atoms with E-state index in [4.69, 9.17) is 13.3 Å². The molecule has 0 aliphatic heterocycles. The second kappa shape index (κ2) is 11.7. The Balaban J connectivity index is 4.39. The highest BCUT2D eigenvalue weighted by molar-refractivity contribution is 9.09. The summed E-state index contributed by atoms with van der Waals surface area (Å²) < 4.78 is 17.9. The molecule has 0 saturated heterocycles. The molecule has 0 unspecified atom stereocenters. The van der Waals surface area contributed by atoms with Crippen molar-refractivity contribution >= 4 is 24.7 Å². The van der Waals surface area contributed by atoms with Crippen LogP contribution < -0.4 is 0 Å². The Bertz CT molecular complexity index is 132. The number of rotatable bonds is 12. The minimum absolute atomic E-state index is 0.738. The van der Waals surface area contributed by atoms with Crippen LogP contribution in [0.3, 0.4) is 0 Å². The molecule has 0 bridgehead atoms. The molecule has 0 aromatic rings. The summed E-state index contributed by atoms with van der Waals surface area (Å²) in [5.41, 5.74) is 0. The molecule has 5 heteroatoms. The van der Waals surface area contributed by atoms with Gasteiger partial charge in [0.1, 0.15) is 0 Å². The fourth-order valence-corrected chi connectivity index (χ4v) is 5.03. The molecule has 0 fully saturated rings. The Morgan fingerprint density at radius 3 is 1.53 bits per heavy atom. The van der Waals surface area contributed by atoms with E-state index in [0.29, 0.717) is 0 Å². The van der Waals surface area contributed by atoms with Gasteiger partial charge in [0.15, 0.2) is 0 Å². The quantitative estimate of drug-likeness (QED) is 0.401. The first kappa shape index (κ1) is 17.6. The normalized spacial score (nSPS) is 12.0. The second-order valence-electron chi connectivity index (χ2n) is 4.02. The highest BCUT2D eigenvalue weighted by Crippen LogP contribution is 2.20. The molecule has 0 saturated carbocycles. The maximum absolute atomic E-state index is 5.96. The van der Waals surface area contributed by atoms with Gasteiger partial charge >= 0.3 is 8.80 Å². The molecule has 0 amide bonds. The van der Waals surface area contributed by atoms with Crippen molar-refractivity contribution in [2.75, 3.05) is 25.2 Å². The second-order valence-corrected chi connectivity index (χ2v) is 7.55. The lowest BCUT2D eigenvalue weighted by atomic mass is 10.5. The van der Waals surface area contributed by atoms with Crippen LogP contribution in [-0.2, 0) is 13.3 Å². The van der Waals surface area contributed by atoms with Gasteiger partial charge in [-0.25, -0.2) is 0 Å². The van der Waals surface area contributed by atoms with E-state index in [1.165, 1.54) is 0 Å². The molecule has 0 heterocycles. The van der Waals surface area contributed by atoms with Crippen molar-refractivity contribution in [3.63, 3.8) is 0 Å². The zero-order valence-corrected chi connectivity index (χ0v) is 14.1. The van der Waals surface area contributed by atoms with E-state index < -0.39 is 8.80 Å². The fourth-order valence-electron chi connectivity index (χ4n) is 1.40. The van der Waals surface area contributed by atoms with E-state index in [9.17, 15) is 0 Å². The Kier molecular flexibility index (Phi) is 12.1. The summed E-state index contributed by atoms with van der Waals surface area (Å²) in [5.74, 6) is 0. The van der Waals surface area contributed by atoms with Gasteiger partial charge in [-0.2, -0.15) is 0 Å². The van der Waals surface area contributed by atoms with Crippen LogP contribution in [0, 0.1) is 0 Å². The standard InChI is InChI=1S/C12H27BrO3Si/c1-4-9-14-17(12-7-8-13,15-10-5-2)16-11-6-3/h4-12H2,1-3H3. The maximum Gasteiger partial charge on any atom is 0.500 e. The van der Waals surface area contributed by atoms with Crippen LogP contribution in [0.15, 0.2) is 0 Å². The van der Waals surface area contributed by atoms with E-state index in [0.717, 1.165) is 56.9 Å². The summed E-state index contributed by atoms with van der Waals surface area (Å²) in [5, 5.41) is 0.974. The first-order valence-corrected chi connectivity index (χ1v) is 9.77. The summed E-state index contributed by atoms with van der Waals surface area (Å²) in [6, 6.07) is 0.915. The molecule has 0 aromatic heterocycles. The largest absolute Gasteiger partial charge is 0.500 e. The lowest BCUT2D eigenvalue weighted by Crippen LogP contribution is -2.46. The summed E-state index contributed by atoms with van der Waals surface area (Å²) in [6.45, 7) is 8.56. The molecule has 17 heavy (non-hydrogen) atoms. The van der Waals surface area contributed by atoms with E-state index >= 15 is 0 Å². The maximum atomic E-state index is 5.96. The summed E-state index contributed by atoms with van der Waals surface area (Å²) >= 11 is 3.46. The van der Waals surface area contributed by atoms with Gasteiger partial charge in [-0.05, 0) is 25.7 Å². The molecule has 0 radical (unpaired) electrons. The minimum atomic E-state index is -2.41. The van der Waals surface area contributed by atoms with Gasteiger partial charge in [0, 0.05) is 31.2 Å². The predicted octanol–water partition coefficient (Wildman–Crippen LogP) is 3.99. The van der Waals surface area contributed by atoms with Crippen LogP contribution >= 0.6 is 15.9 Å². The summed E-state index contributed by atoms with van der Waals surface area (Å²) in [6.07, 6.45) is 4.07. The zero-order chi connectivity index (χ0) is 13.0. The van der Waals surface area contributed by atoms with Crippen LogP contribution in [0.2, 0.25) is 6.04 Å². The molecule has 0 atom stereocenters. The SMILES string of the molecule is CCCO[Si](CCCBr)(OCCC)OCCC. The van der Waals surface area contributed by atoms with Crippen molar-refractivity contribution in [1.29, 1.82) is 0 Å². The predicted molar refractivity (Wildman–Crippen MR) is 77.7 cm³/mol. The van der Waals surface area contributed by atoms with Gasteiger partial charge in [-0.15, -0.1) is 0 Å². The number of hydrogen-bond donors (Lipinski definition) is 0. The van der Waals surface area contributed by atoms with Crippen molar-refractivity contribution in [2.45, 2.75) is 52.5 Å². The van der Waals surface area contributed by atoms with Crippen molar-refractivity contribution in [3.05, 3.63) is 0 Å². The number of hydrogen-bond acceptors (Lipinski definition) is 3. The van der Waals surface area contributed by atoms with Crippen molar-refractivity contribution in [1.82, 2.24) is 0 Å². The van der Waals surface area contributed by atoms with Crippen LogP contribution in [0.4, 0.5) is 0 Å². The molecule has 0 spiro atoms. The van der Waals surface area contributed by atoms with E-state index in [2.05, 4.69) is 36.7 Å². The number of alkyl halides is 1. The van der Waals surface area contributed by atoms with Crippen molar-refractivity contribution in [2.24, 2.45) is 0 Å². The van der Waals surface area contributed by atoms with Crippen LogP contribution in [0.1, 0.15) is 46.5 Å². The molecular weight excluding hydrogens is 300 g/mol. The van der Waals surface area contributed by atoms with Gasteiger partial charge in [-0.3, -0.25) is 0 Å².